The summed E-state index contributed by atoms with van der Waals surface area (Å²) in [6, 6.07) is 3.69. The summed E-state index contributed by atoms with van der Waals surface area (Å²) in [4.78, 5) is 11.2. The van der Waals surface area contributed by atoms with E-state index in [1.165, 1.54) is 21.3 Å². The average Bonchev–Trinajstić information content (AvgIpc) is 2.49. The third kappa shape index (κ3) is 4.31. The van der Waals surface area contributed by atoms with Gasteiger partial charge in [-0.25, -0.2) is 4.79 Å². The maximum absolute atomic E-state index is 11.2. The number of ether oxygens (including phenoxy) is 4. The van der Waals surface area contributed by atoms with Crippen molar-refractivity contribution >= 4 is 5.97 Å². The third-order valence-corrected chi connectivity index (χ3v) is 2.66. The van der Waals surface area contributed by atoms with Gasteiger partial charge in [-0.2, -0.15) is 0 Å². The topological polar surface area (TPSA) is 66.0 Å². The molecule has 0 aliphatic heterocycles. The number of carbonyl (C=O) groups is 1. The molecular formula is C14H21NO5. The van der Waals surface area contributed by atoms with E-state index >= 15 is 0 Å². The number of methoxy groups -OCH3 is 3. The predicted molar refractivity (Wildman–Crippen MR) is 74.4 cm³/mol. The Balaban J connectivity index is 2.98. The molecule has 0 aromatic heterocycles. The molecule has 112 valence electrons. The van der Waals surface area contributed by atoms with Crippen LogP contribution >= 0.6 is 0 Å². The summed E-state index contributed by atoms with van der Waals surface area (Å²) in [5.74, 6) is 0.953. The molecule has 6 heteroatoms. The normalized spacial score (nSPS) is 10.0. The van der Waals surface area contributed by atoms with Gasteiger partial charge in [0, 0.05) is 6.54 Å². The van der Waals surface area contributed by atoms with Crippen LogP contribution in [0, 0.1) is 0 Å². The first-order valence-electron chi connectivity index (χ1n) is 6.31. The van der Waals surface area contributed by atoms with Crippen LogP contribution in [-0.4, -0.2) is 40.5 Å². The zero-order valence-electron chi connectivity index (χ0n) is 12.3. The van der Waals surface area contributed by atoms with Crippen molar-refractivity contribution in [2.24, 2.45) is 0 Å². The second kappa shape index (κ2) is 8.27. The highest BCUT2D eigenvalue weighted by Gasteiger charge is 2.15. The number of hydrogen-bond donors (Lipinski definition) is 1. The molecule has 0 amide bonds. The zero-order chi connectivity index (χ0) is 15.0. The molecule has 0 fully saturated rings. The fourth-order valence-electron chi connectivity index (χ4n) is 1.64. The van der Waals surface area contributed by atoms with Gasteiger partial charge in [-0.15, -0.1) is 0 Å². The fourth-order valence-corrected chi connectivity index (χ4v) is 1.64. The molecule has 0 atom stereocenters. The van der Waals surface area contributed by atoms with E-state index in [4.69, 9.17) is 14.2 Å². The van der Waals surface area contributed by atoms with Crippen LogP contribution in [0.2, 0.25) is 0 Å². The lowest BCUT2D eigenvalue weighted by Crippen LogP contribution is -2.14. The summed E-state index contributed by atoms with van der Waals surface area (Å²) < 4.78 is 20.5. The van der Waals surface area contributed by atoms with Crippen molar-refractivity contribution in [3.05, 3.63) is 17.7 Å². The SMILES string of the molecule is CCNCc1cc(OC)c(OCC(=O)OC)c(OC)c1. The highest BCUT2D eigenvalue weighted by molar-refractivity contribution is 5.71. The lowest BCUT2D eigenvalue weighted by atomic mass is 10.1. The first kappa shape index (κ1) is 16.1. The van der Waals surface area contributed by atoms with Gasteiger partial charge in [0.1, 0.15) is 0 Å². The van der Waals surface area contributed by atoms with E-state index in [2.05, 4.69) is 10.1 Å². The van der Waals surface area contributed by atoms with E-state index in [9.17, 15) is 4.79 Å². The molecule has 0 unspecified atom stereocenters. The monoisotopic (exact) mass is 283 g/mol. The van der Waals surface area contributed by atoms with Crippen LogP contribution in [0.1, 0.15) is 12.5 Å². The van der Waals surface area contributed by atoms with Crippen LogP contribution in [-0.2, 0) is 16.1 Å². The van der Waals surface area contributed by atoms with Crippen molar-refractivity contribution in [2.75, 3.05) is 34.5 Å². The fraction of sp³-hybridized carbons (Fsp3) is 0.500. The minimum atomic E-state index is -0.467. The van der Waals surface area contributed by atoms with E-state index in [0.29, 0.717) is 23.8 Å². The number of carbonyl (C=O) groups excluding carboxylic acids is 1. The number of nitrogens with one attached hydrogen (secondary N) is 1. The summed E-state index contributed by atoms with van der Waals surface area (Å²) in [6.45, 7) is 3.39. The van der Waals surface area contributed by atoms with Crippen LogP contribution in [0.25, 0.3) is 0 Å². The summed E-state index contributed by atoms with van der Waals surface area (Å²) in [5, 5.41) is 3.22. The smallest absolute Gasteiger partial charge is 0.343 e. The minimum absolute atomic E-state index is 0.199. The Kier molecular flexibility index (Phi) is 6.66. The molecule has 1 N–H and O–H groups in total. The van der Waals surface area contributed by atoms with Gasteiger partial charge >= 0.3 is 5.97 Å². The molecule has 0 bridgehead atoms. The molecule has 0 saturated heterocycles. The molecular weight excluding hydrogens is 262 g/mol. The standard InChI is InChI=1S/C14H21NO5/c1-5-15-8-10-6-11(17-2)14(12(7-10)18-3)20-9-13(16)19-4/h6-7,15H,5,8-9H2,1-4H3. The summed E-state index contributed by atoms with van der Waals surface area (Å²) in [7, 11) is 4.38. The highest BCUT2D eigenvalue weighted by Crippen LogP contribution is 2.38. The molecule has 0 spiro atoms. The quantitative estimate of drug-likeness (QED) is 0.727. The number of esters is 1. The Labute approximate surface area is 119 Å². The average molecular weight is 283 g/mol. The number of rotatable bonds is 8. The Morgan fingerprint density at radius 2 is 1.75 bits per heavy atom. The first-order chi connectivity index (χ1) is 9.65. The van der Waals surface area contributed by atoms with Gasteiger partial charge in [-0.05, 0) is 24.2 Å². The van der Waals surface area contributed by atoms with Gasteiger partial charge in [-0.3, -0.25) is 0 Å². The molecule has 0 saturated carbocycles. The van der Waals surface area contributed by atoms with Gasteiger partial charge in [0.25, 0.3) is 0 Å². The van der Waals surface area contributed by atoms with Gasteiger partial charge in [-0.1, -0.05) is 6.92 Å². The second-order valence-corrected chi connectivity index (χ2v) is 3.97. The molecule has 1 rings (SSSR count). The zero-order valence-corrected chi connectivity index (χ0v) is 12.3. The Morgan fingerprint density at radius 3 is 2.20 bits per heavy atom. The maximum atomic E-state index is 11.2. The summed E-state index contributed by atoms with van der Waals surface area (Å²) >= 11 is 0. The molecule has 0 aliphatic rings. The van der Waals surface area contributed by atoms with Crippen LogP contribution < -0.4 is 19.5 Å². The summed E-state index contributed by atoms with van der Waals surface area (Å²) in [5.41, 5.74) is 1.01. The second-order valence-electron chi connectivity index (χ2n) is 3.97. The van der Waals surface area contributed by atoms with E-state index in [1.807, 2.05) is 19.1 Å². The molecule has 0 aliphatic carbocycles. The van der Waals surface area contributed by atoms with E-state index in [1.54, 1.807) is 0 Å². The van der Waals surface area contributed by atoms with Crippen molar-refractivity contribution in [3.8, 4) is 17.2 Å². The Bertz CT molecular complexity index is 422. The van der Waals surface area contributed by atoms with E-state index < -0.39 is 5.97 Å². The van der Waals surface area contributed by atoms with Crippen LogP contribution in [0.4, 0.5) is 0 Å². The van der Waals surface area contributed by atoms with Crippen molar-refractivity contribution in [3.63, 3.8) is 0 Å². The lowest BCUT2D eigenvalue weighted by molar-refractivity contribution is -0.142. The van der Waals surface area contributed by atoms with Crippen molar-refractivity contribution in [2.45, 2.75) is 13.5 Å². The predicted octanol–water partition coefficient (Wildman–Crippen LogP) is 1.37. The Hall–Kier alpha value is -1.95. The van der Waals surface area contributed by atoms with Crippen LogP contribution in [0.3, 0.4) is 0 Å². The van der Waals surface area contributed by atoms with E-state index in [-0.39, 0.29) is 6.61 Å². The lowest BCUT2D eigenvalue weighted by Gasteiger charge is -2.15. The first-order valence-corrected chi connectivity index (χ1v) is 6.31. The van der Waals surface area contributed by atoms with Crippen LogP contribution in [0.5, 0.6) is 17.2 Å². The van der Waals surface area contributed by atoms with Gasteiger partial charge in [0.15, 0.2) is 18.1 Å². The Morgan fingerprint density at radius 1 is 1.15 bits per heavy atom. The molecule has 1 aromatic rings. The van der Waals surface area contributed by atoms with E-state index in [0.717, 1.165) is 12.1 Å². The molecule has 20 heavy (non-hydrogen) atoms. The maximum Gasteiger partial charge on any atom is 0.343 e. The molecule has 0 radical (unpaired) electrons. The molecule has 0 heterocycles. The van der Waals surface area contributed by atoms with Crippen LogP contribution in [0.15, 0.2) is 12.1 Å². The molecule has 1 aromatic carbocycles. The van der Waals surface area contributed by atoms with Gasteiger partial charge in [0.2, 0.25) is 5.75 Å². The van der Waals surface area contributed by atoms with Crippen molar-refractivity contribution in [1.29, 1.82) is 0 Å². The van der Waals surface area contributed by atoms with Crippen molar-refractivity contribution in [1.82, 2.24) is 5.32 Å². The number of benzene rings is 1. The third-order valence-electron chi connectivity index (χ3n) is 2.66. The van der Waals surface area contributed by atoms with Gasteiger partial charge in [0.05, 0.1) is 21.3 Å². The highest BCUT2D eigenvalue weighted by atomic mass is 16.6. The largest absolute Gasteiger partial charge is 0.493 e. The van der Waals surface area contributed by atoms with Crippen molar-refractivity contribution < 1.29 is 23.7 Å². The number of hydrogen-bond acceptors (Lipinski definition) is 6. The summed E-state index contributed by atoms with van der Waals surface area (Å²) in [6.07, 6.45) is 0. The molecule has 6 nitrogen and oxygen atoms in total. The van der Waals surface area contributed by atoms with Gasteiger partial charge < -0.3 is 24.3 Å². The minimum Gasteiger partial charge on any atom is -0.493 e.